The smallest absolute Gasteiger partial charge is 0.225 e. The van der Waals surface area contributed by atoms with E-state index in [1.807, 2.05) is 25.7 Å². The fraction of sp³-hybridized carbons (Fsp3) is 0.889. The maximum atomic E-state index is 11.4. The van der Waals surface area contributed by atoms with Gasteiger partial charge in [0.05, 0.1) is 0 Å². The molecule has 1 aliphatic heterocycles. The van der Waals surface area contributed by atoms with Gasteiger partial charge in [-0.2, -0.15) is 0 Å². The van der Waals surface area contributed by atoms with Gasteiger partial charge < -0.3 is 10.6 Å². The molecule has 1 amide bonds. The third-order valence-corrected chi connectivity index (χ3v) is 2.46. The lowest BCUT2D eigenvalue weighted by Crippen LogP contribution is -2.56. The van der Waals surface area contributed by atoms with Gasteiger partial charge in [-0.25, -0.2) is 0 Å². The van der Waals surface area contributed by atoms with Crippen molar-refractivity contribution in [1.82, 2.24) is 4.90 Å². The number of nitrogens with zero attached hydrogens (tertiary/aromatic N) is 1. The molecular weight excluding hydrogens is 152 g/mol. The standard InChI is InChI=1S/C9H18N2O/c1-6(2)9(12)11-4-8(5-11)7(3)10/h6-8H,4-5,10H2,1-3H3. The molecule has 0 radical (unpaired) electrons. The van der Waals surface area contributed by atoms with Gasteiger partial charge in [0.25, 0.3) is 0 Å². The van der Waals surface area contributed by atoms with Crippen LogP contribution in [0, 0.1) is 11.8 Å². The third kappa shape index (κ3) is 1.78. The molecule has 1 saturated heterocycles. The summed E-state index contributed by atoms with van der Waals surface area (Å²) in [5.74, 6) is 0.902. The molecule has 0 bridgehead atoms. The van der Waals surface area contributed by atoms with E-state index in [2.05, 4.69) is 0 Å². The monoisotopic (exact) mass is 170 g/mol. The molecule has 1 rings (SSSR count). The van der Waals surface area contributed by atoms with E-state index < -0.39 is 0 Å². The van der Waals surface area contributed by atoms with Gasteiger partial charge in [-0.1, -0.05) is 13.8 Å². The first kappa shape index (κ1) is 9.52. The molecule has 0 aromatic rings. The summed E-state index contributed by atoms with van der Waals surface area (Å²) in [5.41, 5.74) is 5.70. The Hall–Kier alpha value is -0.570. The fourth-order valence-corrected chi connectivity index (χ4v) is 1.39. The van der Waals surface area contributed by atoms with Crippen LogP contribution in [0.3, 0.4) is 0 Å². The van der Waals surface area contributed by atoms with Crippen LogP contribution in [-0.2, 0) is 4.79 Å². The molecule has 0 aromatic heterocycles. The van der Waals surface area contributed by atoms with Crippen LogP contribution in [-0.4, -0.2) is 29.9 Å². The average Bonchev–Trinajstić information content (AvgIpc) is 1.82. The summed E-state index contributed by atoms with van der Waals surface area (Å²) < 4.78 is 0. The molecule has 70 valence electrons. The van der Waals surface area contributed by atoms with Crippen molar-refractivity contribution in [3.63, 3.8) is 0 Å². The first-order valence-electron chi connectivity index (χ1n) is 4.56. The molecule has 3 heteroatoms. The molecule has 0 saturated carbocycles. The predicted molar refractivity (Wildman–Crippen MR) is 48.6 cm³/mol. The summed E-state index contributed by atoms with van der Waals surface area (Å²) in [4.78, 5) is 13.3. The van der Waals surface area contributed by atoms with E-state index in [4.69, 9.17) is 5.73 Å². The number of carbonyl (C=O) groups excluding carboxylic acids is 1. The van der Waals surface area contributed by atoms with Crippen molar-refractivity contribution in [2.75, 3.05) is 13.1 Å². The van der Waals surface area contributed by atoms with Crippen molar-refractivity contribution in [3.8, 4) is 0 Å². The Morgan fingerprint density at radius 2 is 1.92 bits per heavy atom. The minimum atomic E-state index is 0.124. The zero-order valence-corrected chi connectivity index (χ0v) is 8.08. The van der Waals surface area contributed by atoms with Gasteiger partial charge in [0.1, 0.15) is 0 Å². The molecule has 1 heterocycles. The molecule has 0 aromatic carbocycles. The Bertz CT molecular complexity index is 171. The van der Waals surface area contributed by atoms with Gasteiger partial charge >= 0.3 is 0 Å². The van der Waals surface area contributed by atoms with Gasteiger partial charge in [-0.15, -0.1) is 0 Å². The molecule has 2 N–H and O–H groups in total. The van der Waals surface area contributed by atoms with Crippen LogP contribution in [0.4, 0.5) is 0 Å². The Balaban J connectivity index is 2.30. The minimum Gasteiger partial charge on any atom is -0.342 e. The highest BCUT2D eigenvalue weighted by Gasteiger charge is 2.33. The Morgan fingerprint density at radius 1 is 1.42 bits per heavy atom. The van der Waals surface area contributed by atoms with Crippen molar-refractivity contribution < 1.29 is 4.79 Å². The first-order valence-corrected chi connectivity index (χ1v) is 4.56. The van der Waals surface area contributed by atoms with E-state index in [0.29, 0.717) is 5.92 Å². The van der Waals surface area contributed by atoms with Crippen LogP contribution in [0.15, 0.2) is 0 Å². The summed E-state index contributed by atoms with van der Waals surface area (Å²) in [6.45, 7) is 7.58. The van der Waals surface area contributed by atoms with Crippen LogP contribution in [0.2, 0.25) is 0 Å². The highest BCUT2D eigenvalue weighted by molar-refractivity contribution is 5.78. The highest BCUT2D eigenvalue weighted by atomic mass is 16.2. The van der Waals surface area contributed by atoms with Crippen molar-refractivity contribution >= 4 is 5.91 Å². The van der Waals surface area contributed by atoms with Crippen LogP contribution < -0.4 is 5.73 Å². The lowest BCUT2D eigenvalue weighted by atomic mass is 9.92. The summed E-state index contributed by atoms with van der Waals surface area (Å²) >= 11 is 0. The van der Waals surface area contributed by atoms with Crippen molar-refractivity contribution in [1.29, 1.82) is 0 Å². The van der Waals surface area contributed by atoms with Crippen LogP contribution >= 0.6 is 0 Å². The summed E-state index contributed by atoms with van der Waals surface area (Å²) in [7, 11) is 0. The zero-order valence-electron chi connectivity index (χ0n) is 8.08. The van der Waals surface area contributed by atoms with Crippen LogP contribution in [0.1, 0.15) is 20.8 Å². The molecular formula is C9H18N2O. The number of hydrogen-bond donors (Lipinski definition) is 1. The quantitative estimate of drug-likeness (QED) is 0.654. The largest absolute Gasteiger partial charge is 0.342 e. The van der Waals surface area contributed by atoms with Crippen LogP contribution in [0.5, 0.6) is 0 Å². The Labute approximate surface area is 73.9 Å². The minimum absolute atomic E-state index is 0.124. The molecule has 1 unspecified atom stereocenters. The van der Waals surface area contributed by atoms with E-state index in [0.717, 1.165) is 13.1 Å². The van der Waals surface area contributed by atoms with E-state index in [9.17, 15) is 4.79 Å². The molecule has 1 atom stereocenters. The topological polar surface area (TPSA) is 46.3 Å². The molecule has 3 nitrogen and oxygen atoms in total. The molecule has 1 fully saturated rings. The van der Waals surface area contributed by atoms with Crippen molar-refractivity contribution in [2.24, 2.45) is 17.6 Å². The maximum Gasteiger partial charge on any atom is 0.225 e. The predicted octanol–water partition coefficient (Wildman–Crippen LogP) is 0.448. The Kier molecular flexibility index (Phi) is 2.73. The van der Waals surface area contributed by atoms with E-state index >= 15 is 0 Å². The van der Waals surface area contributed by atoms with E-state index in [1.165, 1.54) is 0 Å². The number of hydrogen-bond acceptors (Lipinski definition) is 2. The second-order valence-electron chi connectivity index (χ2n) is 4.02. The van der Waals surface area contributed by atoms with Crippen LogP contribution in [0.25, 0.3) is 0 Å². The number of amides is 1. The summed E-state index contributed by atoms with van der Waals surface area (Å²) in [6, 6.07) is 0.223. The molecule has 12 heavy (non-hydrogen) atoms. The van der Waals surface area contributed by atoms with Gasteiger partial charge in [-0.05, 0) is 6.92 Å². The molecule has 0 spiro atoms. The number of rotatable bonds is 2. The number of nitrogens with two attached hydrogens (primary N) is 1. The fourth-order valence-electron chi connectivity index (χ4n) is 1.39. The van der Waals surface area contributed by atoms with Gasteiger partial charge in [0.2, 0.25) is 5.91 Å². The lowest BCUT2D eigenvalue weighted by molar-refractivity contribution is -0.141. The molecule has 0 aliphatic carbocycles. The summed E-state index contributed by atoms with van der Waals surface area (Å²) in [5, 5.41) is 0. The maximum absolute atomic E-state index is 11.4. The Morgan fingerprint density at radius 3 is 2.25 bits per heavy atom. The first-order chi connectivity index (χ1) is 5.52. The third-order valence-electron chi connectivity index (χ3n) is 2.46. The lowest BCUT2D eigenvalue weighted by Gasteiger charge is -2.42. The highest BCUT2D eigenvalue weighted by Crippen LogP contribution is 2.19. The van der Waals surface area contributed by atoms with E-state index in [-0.39, 0.29) is 17.9 Å². The second kappa shape index (κ2) is 3.44. The average molecular weight is 170 g/mol. The normalized spacial score (nSPS) is 20.9. The van der Waals surface area contributed by atoms with Gasteiger partial charge in [-0.3, -0.25) is 4.79 Å². The van der Waals surface area contributed by atoms with Gasteiger partial charge in [0.15, 0.2) is 0 Å². The van der Waals surface area contributed by atoms with Crippen molar-refractivity contribution in [2.45, 2.75) is 26.8 Å². The van der Waals surface area contributed by atoms with Crippen molar-refractivity contribution in [3.05, 3.63) is 0 Å². The number of likely N-dealkylation sites (tertiary alicyclic amines) is 1. The van der Waals surface area contributed by atoms with E-state index in [1.54, 1.807) is 0 Å². The SMILES string of the molecule is CC(C)C(=O)N1CC(C(C)N)C1. The van der Waals surface area contributed by atoms with Gasteiger partial charge in [0, 0.05) is 31.0 Å². The summed E-state index contributed by atoms with van der Waals surface area (Å²) in [6.07, 6.45) is 0. The zero-order chi connectivity index (χ0) is 9.30. The number of carbonyl (C=O) groups is 1. The second-order valence-corrected chi connectivity index (χ2v) is 4.02. The molecule has 1 aliphatic rings.